The molecule has 0 bridgehead atoms. The molecule has 0 aliphatic carbocycles. The molecule has 7 nitrogen and oxygen atoms in total. The van der Waals surface area contributed by atoms with Gasteiger partial charge in [-0.15, -0.1) is 11.8 Å². The first-order valence-corrected chi connectivity index (χ1v) is 11.1. The Morgan fingerprint density at radius 1 is 1.28 bits per heavy atom. The summed E-state index contributed by atoms with van der Waals surface area (Å²) in [5, 5.41) is 6.60. The molecule has 2 fully saturated rings. The number of ether oxygens (including phenoxy) is 2. The molecule has 0 saturated carbocycles. The fourth-order valence-corrected chi connectivity index (χ4v) is 5.23. The van der Waals surface area contributed by atoms with Gasteiger partial charge in [0.05, 0.1) is 25.1 Å². The second-order valence-corrected chi connectivity index (χ2v) is 9.05. The number of nitrogens with zero attached hydrogens (tertiary/aromatic N) is 1. The lowest BCUT2D eigenvalue weighted by Gasteiger charge is -2.39. The molecular weight excluding hydrogens is 390 g/mol. The summed E-state index contributed by atoms with van der Waals surface area (Å²) in [6.45, 7) is 5.33. The zero-order valence-corrected chi connectivity index (χ0v) is 18.4. The molecule has 8 heteroatoms. The number of benzene rings is 1. The van der Waals surface area contributed by atoms with Crippen LogP contribution in [0.2, 0.25) is 0 Å². The molecule has 160 valence electrons. The van der Waals surface area contributed by atoms with Crippen molar-refractivity contribution >= 4 is 23.6 Å². The zero-order chi connectivity index (χ0) is 21.0. The highest BCUT2D eigenvalue weighted by Gasteiger charge is 2.45. The van der Waals surface area contributed by atoms with E-state index in [-0.39, 0.29) is 28.8 Å². The lowest BCUT2D eigenvalue weighted by molar-refractivity contribution is -0.123. The first kappa shape index (κ1) is 21.8. The molecule has 1 spiro atoms. The second kappa shape index (κ2) is 9.26. The summed E-state index contributed by atoms with van der Waals surface area (Å²) in [6, 6.07) is 5.36. The Balaban J connectivity index is 1.63. The monoisotopic (exact) mass is 421 g/mol. The van der Waals surface area contributed by atoms with Crippen LogP contribution in [-0.2, 0) is 4.79 Å². The summed E-state index contributed by atoms with van der Waals surface area (Å²) in [4.78, 5) is 27.3. The highest BCUT2D eigenvalue weighted by Crippen LogP contribution is 2.40. The molecular formula is C21H31N3O4S. The molecule has 2 heterocycles. The number of carbonyl (C=O) groups excluding carboxylic acids is 2. The molecule has 1 aromatic rings. The maximum Gasteiger partial charge on any atom is 0.261 e. The number of piperidine rings is 1. The number of hydrogen-bond acceptors (Lipinski definition) is 6. The molecule has 2 unspecified atom stereocenters. The van der Waals surface area contributed by atoms with E-state index in [1.54, 1.807) is 38.1 Å². The van der Waals surface area contributed by atoms with Gasteiger partial charge in [-0.2, -0.15) is 0 Å². The molecule has 2 saturated heterocycles. The van der Waals surface area contributed by atoms with Crippen molar-refractivity contribution < 1.29 is 19.1 Å². The van der Waals surface area contributed by atoms with Gasteiger partial charge in [-0.25, -0.2) is 0 Å². The SMILES string of the molecule is CCC(C)NC(=O)C1CSC2(CCN(C(=O)c3c(OC)cccc3OC)CC2)N1. The van der Waals surface area contributed by atoms with Gasteiger partial charge in [0.1, 0.15) is 17.1 Å². The number of methoxy groups -OCH3 is 2. The smallest absolute Gasteiger partial charge is 0.261 e. The highest BCUT2D eigenvalue weighted by molar-refractivity contribution is 8.01. The molecule has 29 heavy (non-hydrogen) atoms. The summed E-state index contributed by atoms with van der Waals surface area (Å²) in [7, 11) is 3.11. The van der Waals surface area contributed by atoms with Crippen molar-refractivity contribution in [3.63, 3.8) is 0 Å². The van der Waals surface area contributed by atoms with Crippen LogP contribution in [0, 0.1) is 0 Å². The second-order valence-electron chi connectivity index (χ2n) is 7.65. The third-order valence-electron chi connectivity index (χ3n) is 5.78. The van der Waals surface area contributed by atoms with E-state index in [0.29, 0.717) is 30.2 Å². The summed E-state index contributed by atoms with van der Waals surface area (Å²) < 4.78 is 10.8. The topological polar surface area (TPSA) is 79.9 Å². The highest BCUT2D eigenvalue weighted by atomic mass is 32.2. The van der Waals surface area contributed by atoms with E-state index in [4.69, 9.17) is 9.47 Å². The van der Waals surface area contributed by atoms with Gasteiger partial charge in [-0.3, -0.25) is 14.9 Å². The summed E-state index contributed by atoms with van der Waals surface area (Å²) in [5.41, 5.74) is 0.464. The standard InChI is InChI=1S/C21H31N3O4S/c1-5-14(2)22-19(25)15-13-29-21(23-15)9-11-24(12-10-21)20(26)18-16(27-3)7-6-8-17(18)28-4/h6-8,14-15,23H,5,9-13H2,1-4H3,(H,22,25). The number of nitrogens with one attached hydrogen (secondary N) is 2. The molecule has 0 radical (unpaired) electrons. The Kier molecular flexibility index (Phi) is 6.95. The lowest BCUT2D eigenvalue weighted by Crippen LogP contribution is -2.55. The van der Waals surface area contributed by atoms with Crippen molar-refractivity contribution in [1.29, 1.82) is 0 Å². The van der Waals surface area contributed by atoms with Gasteiger partial charge in [0.2, 0.25) is 5.91 Å². The third-order valence-corrected chi connectivity index (χ3v) is 7.36. The average Bonchev–Trinajstić information content (AvgIpc) is 3.16. The predicted octanol–water partition coefficient (Wildman–Crippen LogP) is 2.26. The number of amides is 2. The molecule has 2 amide bonds. The Hall–Kier alpha value is -1.93. The molecule has 2 atom stereocenters. The Bertz CT molecular complexity index is 727. The van der Waals surface area contributed by atoms with Crippen LogP contribution in [0.1, 0.15) is 43.5 Å². The summed E-state index contributed by atoms with van der Waals surface area (Å²) in [6.07, 6.45) is 2.52. The molecule has 2 aliphatic heterocycles. The van der Waals surface area contributed by atoms with Crippen LogP contribution in [0.3, 0.4) is 0 Å². The van der Waals surface area contributed by atoms with Crippen molar-refractivity contribution in [3.8, 4) is 11.5 Å². The van der Waals surface area contributed by atoms with E-state index in [1.165, 1.54) is 0 Å². The summed E-state index contributed by atoms with van der Waals surface area (Å²) >= 11 is 1.80. The van der Waals surface area contributed by atoms with Crippen molar-refractivity contribution in [2.75, 3.05) is 33.1 Å². The quantitative estimate of drug-likeness (QED) is 0.734. The molecule has 0 aromatic heterocycles. The van der Waals surface area contributed by atoms with Crippen molar-refractivity contribution in [3.05, 3.63) is 23.8 Å². The van der Waals surface area contributed by atoms with Gasteiger partial charge < -0.3 is 19.7 Å². The summed E-state index contributed by atoms with van der Waals surface area (Å²) in [5.74, 6) is 1.79. The average molecular weight is 422 g/mol. The van der Waals surface area contributed by atoms with Gasteiger partial charge in [-0.05, 0) is 38.3 Å². The largest absolute Gasteiger partial charge is 0.496 e. The molecule has 2 aliphatic rings. The van der Waals surface area contributed by atoms with Crippen molar-refractivity contribution in [1.82, 2.24) is 15.5 Å². The van der Waals surface area contributed by atoms with Gasteiger partial charge in [0.25, 0.3) is 5.91 Å². The first-order chi connectivity index (χ1) is 13.9. The predicted molar refractivity (Wildman–Crippen MR) is 115 cm³/mol. The van der Waals surface area contributed by atoms with E-state index in [0.717, 1.165) is 25.0 Å². The minimum absolute atomic E-state index is 0.0704. The van der Waals surface area contributed by atoms with Crippen LogP contribution >= 0.6 is 11.8 Å². The number of thioether (sulfide) groups is 1. The lowest BCUT2D eigenvalue weighted by atomic mass is 10.0. The maximum absolute atomic E-state index is 13.2. The maximum atomic E-state index is 13.2. The first-order valence-electron chi connectivity index (χ1n) is 10.1. The molecule has 3 rings (SSSR count). The van der Waals surface area contributed by atoms with E-state index in [2.05, 4.69) is 17.6 Å². The number of likely N-dealkylation sites (tertiary alicyclic amines) is 1. The normalized spacial score (nSPS) is 21.7. The Labute approximate surface area is 176 Å². The van der Waals surface area contributed by atoms with Crippen LogP contribution in [0.25, 0.3) is 0 Å². The van der Waals surface area contributed by atoms with E-state index >= 15 is 0 Å². The number of carbonyl (C=O) groups is 2. The van der Waals surface area contributed by atoms with Gasteiger partial charge >= 0.3 is 0 Å². The van der Waals surface area contributed by atoms with Crippen LogP contribution < -0.4 is 20.1 Å². The molecule has 1 aromatic carbocycles. The fourth-order valence-electron chi connectivity index (χ4n) is 3.81. The number of hydrogen-bond donors (Lipinski definition) is 2. The van der Waals surface area contributed by atoms with E-state index in [1.807, 2.05) is 17.9 Å². The van der Waals surface area contributed by atoms with Crippen molar-refractivity contribution in [2.24, 2.45) is 0 Å². The van der Waals surface area contributed by atoms with E-state index < -0.39 is 0 Å². The minimum Gasteiger partial charge on any atom is -0.496 e. The van der Waals surface area contributed by atoms with Gasteiger partial charge in [-0.1, -0.05) is 13.0 Å². The molecule has 2 N–H and O–H groups in total. The fraction of sp³-hybridized carbons (Fsp3) is 0.619. The van der Waals surface area contributed by atoms with Gasteiger partial charge in [0.15, 0.2) is 0 Å². The van der Waals surface area contributed by atoms with Gasteiger partial charge in [0, 0.05) is 24.9 Å². The Morgan fingerprint density at radius 3 is 2.45 bits per heavy atom. The van der Waals surface area contributed by atoms with Crippen LogP contribution in [0.15, 0.2) is 18.2 Å². The van der Waals surface area contributed by atoms with E-state index in [9.17, 15) is 9.59 Å². The minimum atomic E-state index is -0.175. The van der Waals surface area contributed by atoms with Crippen LogP contribution in [-0.4, -0.2) is 66.7 Å². The van der Waals surface area contributed by atoms with Crippen LogP contribution in [0.4, 0.5) is 0 Å². The van der Waals surface area contributed by atoms with Crippen molar-refractivity contribution in [2.45, 2.75) is 50.1 Å². The zero-order valence-electron chi connectivity index (χ0n) is 17.6. The Morgan fingerprint density at radius 2 is 1.90 bits per heavy atom. The number of rotatable bonds is 6. The van der Waals surface area contributed by atoms with Crippen LogP contribution in [0.5, 0.6) is 11.5 Å². The third kappa shape index (κ3) is 4.64.